The Morgan fingerprint density at radius 3 is 2.48 bits per heavy atom. The van der Waals surface area contributed by atoms with Crippen molar-refractivity contribution in [3.63, 3.8) is 0 Å². The minimum atomic E-state index is -4.64. The Labute approximate surface area is 134 Å². The first-order valence-corrected chi connectivity index (χ1v) is 7.86. The number of nitrogens with one attached hydrogen (secondary N) is 2. The van der Waals surface area contributed by atoms with E-state index in [2.05, 4.69) is 15.5 Å². The molecule has 23 heavy (non-hydrogen) atoms. The van der Waals surface area contributed by atoms with Gasteiger partial charge in [-0.3, -0.25) is 0 Å². The molecule has 1 aliphatic heterocycles. The SMILES string of the molecule is CNCCN1CCC(NCc2ccc(C(F)(F)F)c(F)c2)CC1. The van der Waals surface area contributed by atoms with E-state index in [9.17, 15) is 17.6 Å². The third-order valence-corrected chi connectivity index (χ3v) is 4.20. The fourth-order valence-corrected chi connectivity index (χ4v) is 2.79. The third kappa shape index (κ3) is 5.44. The van der Waals surface area contributed by atoms with Crippen molar-refractivity contribution < 1.29 is 17.6 Å². The topological polar surface area (TPSA) is 27.3 Å². The largest absolute Gasteiger partial charge is 0.419 e. The minimum absolute atomic E-state index is 0.325. The van der Waals surface area contributed by atoms with Crippen molar-refractivity contribution in [3.8, 4) is 0 Å². The lowest BCUT2D eigenvalue weighted by Gasteiger charge is -2.32. The fraction of sp³-hybridized carbons (Fsp3) is 0.625. The molecule has 1 aromatic rings. The lowest BCUT2D eigenvalue weighted by atomic mass is 10.0. The second kappa shape index (κ2) is 8.08. The van der Waals surface area contributed by atoms with E-state index in [1.165, 1.54) is 6.07 Å². The second-order valence-corrected chi connectivity index (χ2v) is 5.91. The predicted octanol–water partition coefficient (Wildman–Crippen LogP) is 2.62. The summed E-state index contributed by atoms with van der Waals surface area (Å²) < 4.78 is 51.1. The van der Waals surface area contributed by atoms with E-state index in [-0.39, 0.29) is 0 Å². The van der Waals surface area contributed by atoms with Gasteiger partial charge in [0.15, 0.2) is 0 Å². The summed E-state index contributed by atoms with van der Waals surface area (Å²) in [6.45, 7) is 4.37. The molecule has 0 saturated carbocycles. The van der Waals surface area contributed by atoms with Crippen LogP contribution in [-0.4, -0.2) is 44.2 Å². The molecule has 1 heterocycles. The highest BCUT2D eigenvalue weighted by Crippen LogP contribution is 2.31. The summed E-state index contributed by atoms with van der Waals surface area (Å²) >= 11 is 0. The quantitative estimate of drug-likeness (QED) is 0.784. The molecule has 0 radical (unpaired) electrons. The molecule has 1 saturated heterocycles. The van der Waals surface area contributed by atoms with Crippen LogP contribution < -0.4 is 10.6 Å². The number of rotatable bonds is 6. The van der Waals surface area contributed by atoms with Gasteiger partial charge in [0.05, 0.1) is 5.56 Å². The summed E-state index contributed by atoms with van der Waals surface area (Å²) in [5.74, 6) is -1.21. The number of benzene rings is 1. The molecule has 0 unspecified atom stereocenters. The Morgan fingerprint density at radius 1 is 1.22 bits per heavy atom. The zero-order valence-electron chi connectivity index (χ0n) is 13.2. The monoisotopic (exact) mass is 333 g/mol. The zero-order valence-corrected chi connectivity index (χ0v) is 13.2. The van der Waals surface area contributed by atoms with Crippen molar-refractivity contribution in [1.82, 2.24) is 15.5 Å². The molecule has 0 spiro atoms. The fourth-order valence-electron chi connectivity index (χ4n) is 2.79. The number of alkyl halides is 3. The van der Waals surface area contributed by atoms with Crippen LogP contribution in [0.2, 0.25) is 0 Å². The van der Waals surface area contributed by atoms with Crippen LogP contribution in [0.4, 0.5) is 17.6 Å². The van der Waals surface area contributed by atoms with Crippen molar-refractivity contribution in [2.24, 2.45) is 0 Å². The summed E-state index contributed by atoms with van der Waals surface area (Å²) in [6.07, 6.45) is -2.66. The number of hydrogen-bond acceptors (Lipinski definition) is 3. The standard InChI is InChI=1S/C16H23F4N3/c1-21-6-9-23-7-4-13(5-8-23)22-11-12-2-3-14(15(17)10-12)16(18,19)20/h2-3,10,13,21-22H,4-9,11H2,1H3. The van der Waals surface area contributed by atoms with Crippen molar-refractivity contribution >= 4 is 0 Å². The van der Waals surface area contributed by atoms with Gasteiger partial charge in [0.25, 0.3) is 0 Å². The summed E-state index contributed by atoms with van der Waals surface area (Å²) in [6, 6.07) is 3.44. The number of hydrogen-bond donors (Lipinski definition) is 2. The van der Waals surface area contributed by atoms with Gasteiger partial charge in [0.2, 0.25) is 0 Å². The van der Waals surface area contributed by atoms with Gasteiger partial charge in [-0.15, -0.1) is 0 Å². The maximum Gasteiger partial charge on any atom is 0.419 e. The van der Waals surface area contributed by atoms with E-state index in [1.54, 1.807) is 0 Å². The van der Waals surface area contributed by atoms with Crippen LogP contribution in [0.25, 0.3) is 0 Å². The normalized spacial score (nSPS) is 17.6. The molecule has 1 aliphatic rings. The highest BCUT2D eigenvalue weighted by Gasteiger charge is 2.33. The first kappa shape index (κ1) is 18.2. The van der Waals surface area contributed by atoms with E-state index in [0.717, 1.165) is 51.2 Å². The first-order chi connectivity index (χ1) is 10.9. The number of likely N-dealkylation sites (tertiary alicyclic amines) is 1. The maximum absolute atomic E-state index is 13.5. The highest BCUT2D eigenvalue weighted by molar-refractivity contribution is 5.26. The molecule has 1 aromatic carbocycles. The van der Waals surface area contributed by atoms with Crippen LogP contribution in [-0.2, 0) is 12.7 Å². The summed E-state index contributed by atoms with van der Waals surface area (Å²) in [4.78, 5) is 2.38. The van der Waals surface area contributed by atoms with Crippen LogP contribution in [0.1, 0.15) is 24.0 Å². The van der Waals surface area contributed by atoms with E-state index in [1.807, 2.05) is 7.05 Å². The van der Waals surface area contributed by atoms with Crippen LogP contribution in [0, 0.1) is 5.82 Å². The molecule has 130 valence electrons. The van der Waals surface area contributed by atoms with Gasteiger partial charge in [-0.1, -0.05) is 6.07 Å². The van der Waals surface area contributed by atoms with E-state index in [0.29, 0.717) is 18.2 Å². The number of likely N-dealkylation sites (N-methyl/N-ethyl adjacent to an activating group) is 1. The molecule has 1 fully saturated rings. The molecular weight excluding hydrogens is 310 g/mol. The Bertz CT molecular complexity index is 497. The Hall–Kier alpha value is -1.18. The molecule has 0 aliphatic carbocycles. The molecule has 0 amide bonds. The summed E-state index contributed by atoms with van der Waals surface area (Å²) in [5.41, 5.74) is -0.674. The molecule has 0 aromatic heterocycles. The van der Waals surface area contributed by atoms with Gasteiger partial charge in [-0.25, -0.2) is 4.39 Å². The van der Waals surface area contributed by atoms with Crippen molar-refractivity contribution in [2.45, 2.75) is 31.6 Å². The molecule has 3 nitrogen and oxygen atoms in total. The molecular formula is C16H23F4N3. The van der Waals surface area contributed by atoms with Gasteiger partial charge >= 0.3 is 6.18 Å². The second-order valence-electron chi connectivity index (χ2n) is 5.91. The molecule has 2 N–H and O–H groups in total. The van der Waals surface area contributed by atoms with Crippen LogP contribution in [0.3, 0.4) is 0 Å². The van der Waals surface area contributed by atoms with Crippen molar-refractivity contribution in [3.05, 3.63) is 35.1 Å². The third-order valence-electron chi connectivity index (χ3n) is 4.20. The number of nitrogens with zero attached hydrogens (tertiary/aromatic N) is 1. The minimum Gasteiger partial charge on any atom is -0.318 e. The van der Waals surface area contributed by atoms with Gasteiger partial charge in [-0.2, -0.15) is 13.2 Å². The maximum atomic E-state index is 13.5. The van der Waals surface area contributed by atoms with Gasteiger partial charge in [0.1, 0.15) is 5.82 Å². The molecule has 0 bridgehead atoms. The first-order valence-electron chi connectivity index (χ1n) is 7.86. The average Bonchev–Trinajstić information content (AvgIpc) is 2.50. The van der Waals surface area contributed by atoms with Gasteiger partial charge in [-0.05, 0) is 50.7 Å². The Kier molecular flexibility index (Phi) is 6.38. The average molecular weight is 333 g/mol. The number of piperidine rings is 1. The van der Waals surface area contributed by atoms with Crippen LogP contribution in [0.5, 0.6) is 0 Å². The van der Waals surface area contributed by atoms with E-state index < -0.39 is 17.6 Å². The van der Waals surface area contributed by atoms with Crippen molar-refractivity contribution in [1.29, 1.82) is 0 Å². The molecule has 7 heteroatoms. The lowest BCUT2D eigenvalue weighted by molar-refractivity contribution is -0.140. The van der Waals surface area contributed by atoms with Crippen LogP contribution in [0.15, 0.2) is 18.2 Å². The Morgan fingerprint density at radius 2 is 1.91 bits per heavy atom. The van der Waals surface area contributed by atoms with E-state index >= 15 is 0 Å². The highest BCUT2D eigenvalue weighted by atomic mass is 19.4. The van der Waals surface area contributed by atoms with Gasteiger partial charge in [0, 0.05) is 25.7 Å². The summed E-state index contributed by atoms with van der Waals surface area (Å²) in [5, 5.41) is 6.43. The number of halogens is 4. The Balaban J connectivity index is 1.80. The molecule has 0 atom stereocenters. The zero-order chi connectivity index (χ0) is 16.9. The van der Waals surface area contributed by atoms with Crippen molar-refractivity contribution in [2.75, 3.05) is 33.2 Å². The lowest BCUT2D eigenvalue weighted by Crippen LogP contribution is -2.44. The van der Waals surface area contributed by atoms with E-state index in [4.69, 9.17) is 0 Å². The predicted molar refractivity (Wildman–Crippen MR) is 81.6 cm³/mol. The summed E-state index contributed by atoms with van der Waals surface area (Å²) in [7, 11) is 1.93. The smallest absolute Gasteiger partial charge is 0.318 e. The molecule has 2 rings (SSSR count). The van der Waals surface area contributed by atoms with Crippen LogP contribution >= 0.6 is 0 Å². The van der Waals surface area contributed by atoms with Gasteiger partial charge < -0.3 is 15.5 Å².